The average molecular weight is 250 g/mol. The van der Waals surface area contributed by atoms with Crippen molar-refractivity contribution in [2.75, 3.05) is 10.6 Å². The van der Waals surface area contributed by atoms with Crippen LogP contribution in [0.1, 0.15) is 13.8 Å². The van der Waals surface area contributed by atoms with E-state index < -0.39 is 6.03 Å². The molecule has 3 amide bonds. The maximum atomic E-state index is 11.7. The number of carbonyl (C=O) groups is 2. The van der Waals surface area contributed by atoms with Crippen LogP contribution in [0.3, 0.4) is 0 Å². The minimum Gasteiger partial charge on any atom is -0.351 e. The van der Waals surface area contributed by atoms with Crippen LogP contribution in [0.25, 0.3) is 0 Å². The normalized spacial score (nSPS) is 13.5. The third-order valence-electron chi connectivity index (χ3n) is 2.62. The summed E-state index contributed by atoms with van der Waals surface area (Å²) in [6.45, 7) is 3.55. The van der Waals surface area contributed by atoms with Gasteiger partial charge in [-0.2, -0.15) is 0 Å². The number of nitrogens with two attached hydrogens (primary N) is 2. The number of hydrogen-bond donors (Lipinski definition) is 4. The zero-order valence-corrected chi connectivity index (χ0v) is 10.4. The van der Waals surface area contributed by atoms with Gasteiger partial charge in [0.15, 0.2) is 0 Å². The fourth-order valence-electron chi connectivity index (χ4n) is 1.27. The van der Waals surface area contributed by atoms with Crippen molar-refractivity contribution >= 4 is 23.3 Å². The summed E-state index contributed by atoms with van der Waals surface area (Å²) in [5.74, 6) is -0.408. The van der Waals surface area contributed by atoms with Gasteiger partial charge in [0.05, 0.1) is 5.92 Å². The zero-order chi connectivity index (χ0) is 13.7. The number of benzene rings is 1. The molecule has 0 spiro atoms. The van der Waals surface area contributed by atoms with Gasteiger partial charge in [0.1, 0.15) is 0 Å². The van der Waals surface area contributed by atoms with Gasteiger partial charge >= 0.3 is 6.03 Å². The Balaban J connectivity index is 2.63. The molecule has 0 radical (unpaired) electrons. The number of hydrogen-bond acceptors (Lipinski definition) is 3. The summed E-state index contributed by atoms with van der Waals surface area (Å²) in [5.41, 5.74) is 11.8. The molecule has 0 saturated carbocycles. The second-order valence-corrected chi connectivity index (χ2v) is 4.20. The van der Waals surface area contributed by atoms with E-state index in [2.05, 4.69) is 10.6 Å². The molecule has 2 unspecified atom stereocenters. The number of anilines is 2. The Bertz CT molecular complexity index is 428. The highest BCUT2D eigenvalue weighted by molar-refractivity contribution is 5.93. The Kier molecular flexibility index (Phi) is 4.67. The molecule has 2 atom stereocenters. The fraction of sp³-hybridized carbons (Fsp3) is 0.333. The third kappa shape index (κ3) is 4.06. The topological polar surface area (TPSA) is 110 Å². The summed E-state index contributed by atoms with van der Waals surface area (Å²) in [7, 11) is 0. The molecular formula is C12H18N4O2. The van der Waals surface area contributed by atoms with Crippen molar-refractivity contribution in [2.24, 2.45) is 17.4 Å². The predicted octanol–water partition coefficient (Wildman–Crippen LogP) is 1.10. The summed E-state index contributed by atoms with van der Waals surface area (Å²) in [6, 6.07) is 5.82. The van der Waals surface area contributed by atoms with E-state index in [1.54, 1.807) is 38.1 Å². The van der Waals surface area contributed by atoms with E-state index >= 15 is 0 Å². The lowest BCUT2D eigenvalue weighted by Gasteiger charge is -2.15. The van der Waals surface area contributed by atoms with Gasteiger partial charge in [-0.1, -0.05) is 6.92 Å². The highest BCUT2D eigenvalue weighted by atomic mass is 16.2. The smallest absolute Gasteiger partial charge is 0.316 e. The number of amides is 3. The van der Waals surface area contributed by atoms with Gasteiger partial charge in [0.2, 0.25) is 5.91 Å². The first-order valence-electron chi connectivity index (χ1n) is 5.63. The van der Waals surface area contributed by atoms with Crippen LogP contribution >= 0.6 is 0 Å². The van der Waals surface area contributed by atoms with E-state index in [1.165, 1.54) is 0 Å². The van der Waals surface area contributed by atoms with Crippen LogP contribution in [0.15, 0.2) is 24.3 Å². The van der Waals surface area contributed by atoms with Crippen LogP contribution in [-0.2, 0) is 4.79 Å². The van der Waals surface area contributed by atoms with Crippen LogP contribution in [0.2, 0.25) is 0 Å². The van der Waals surface area contributed by atoms with Crippen molar-refractivity contribution in [1.82, 2.24) is 0 Å². The van der Waals surface area contributed by atoms with Gasteiger partial charge in [-0.15, -0.1) is 0 Å². The Hall–Kier alpha value is -2.08. The Labute approximate surface area is 106 Å². The highest BCUT2D eigenvalue weighted by Gasteiger charge is 2.16. The van der Waals surface area contributed by atoms with E-state index in [0.717, 1.165) is 0 Å². The van der Waals surface area contributed by atoms with Crippen molar-refractivity contribution in [3.63, 3.8) is 0 Å². The summed E-state index contributed by atoms with van der Waals surface area (Å²) in [4.78, 5) is 22.4. The maximum absolute atomic E-state index is 11.7. The molecule has 98 valence electrons. The van der Waals surface area contributed by atoms with Crippen molar-refractivity contribution in [2.45, 2.75) is 19.9 Å². The quantitative estimate of drug-likeness (QED) is 0.642. The van der Waals surface area contributed by atoms with Crippen LogP contribution in [0, 0.1) is 5.92 Å². The molecule has 0 fully saturated rings. The molecule has 6 heteroatoms. The van der Waals surface area contributed by atoms with Gasteiger partial charge in [-0.3, -0.25) is 4.79 Å². The first kappa shape index (κ1) is 14.0. The zero-order valence-electron chi connectivity index (χ0n) is 10.4. The van der Waals surface area contributed by atoms with E-state index in [4.69, 9.17) is 11.5 Å². The molecule has 0 bridgehead atoms. The molecule has 1 rings (SSSR count). The number of primary amides is 1. The van der Waals surface area contributed by atoms with Crippen LogP contribution in [-0.4, -0.2) is 18.0 Å². The maximum Gasteiger partial charge on any atom is 0.316 e. The van der Waals surface area contributed by atoms with Gasteiger partial charge in [0, 0.05) is 17.4 Å². The molecule has 6 nitrogen and oxygen atoms in total. The molecule has 18 heavy (non-hydrogen) atoms. The van der Waals surface area contributed by atoms with Gasteiger partial charge in [0.25, 0.3) is 0 Å². The van der Waals surface area contributed by atoms with E-state index in [9.17, 15) is 9.59 Å². The molecule has 0 aliphatic heterocycles. The lowest BCUT2D eigenvalue weighted by molar-refractivity contribution is -0.119. The van der Waals surface area contributed by atoms with Crippen LogP contribution in [0.4, 0.5) is 16.2 Å². The van der Waals surface area contributed by atoms with Crippen molar-refractivity contribution in [3.8, 4) is 0 Å². The van der Waals surface area contributed by atoms with Crippen LogP contribution < -0.4 is 22.1 Å². The van der Waals surface area contributed by atoms with E-state index in [-0.39, 0.29) is 17.9 Å². The molecule has 1 aromatic carbocycles. The standard InChI is InChI=1S/C12H18N4O2/c1-7(8(2)13)11(17)15-9-3-5-10(6-4-9)16-12(14)18/h3-8H,13H2,1-2H3,(H,15,17)(H3,14,16,18). The molecule has 1 aromatic rings. The van der Waals surface area contributed by atoms with Gasteiger partial charge in [-0.05, 0) is 31.2 Å². The average Bonchev–Trinajstić information content (AvgIpc) is 2.29. The lowest BCUT2D eigenvalue weighted by Crippen LogP contribution is -2.34. The molecule has 0 aliphatic rings. The Morgan fingerprint density at radius 3 is 1.89 bits per heavy atom. The van der Waals surface area contributed by atoms with Crippen molar-refractivity contribution < 1.29 is 9.59 Å². The Morgan fingerprint density at radius 1 is 1.06 bits per heavy atom. The van der Waals surface area contributed by atoms with E-state index in [1.807, 2.05) is 0 Å². The minimum atomic E-state index is -0.627. The summed E-state index contributed by atoms with van der Waals surface area (Å²) < 4.78 is 0. The largest absolute Gasteiger partial charge is 0.351 e. The van der Waals surface area contributed by atoms with Crippen molar-refractivity contribution in [1.29, 1.82) is 0 Å². The number of urea groups is 1. The molecule has 0 heterocycles. The minimum absolute atomic E-state index is 0.138. The monoisotopic (exact) mass is 250 g/mol. The third-order valence-corrected chi connectivity index (χ3v) is 2.62. The molecule has 0 saturated heterocycles. The summed E-state index contributed by atoms with van der Waals surface area (Å²) >= 11 is 0. The number of rotatable bonds is 4. The predicted molar refractivity (Wildman–Crippen MR) is 71.1 cm³/mol. The van der Waals surface area contributed by atoms with E-state index in [0.29, 0.717) is 11.4 Å². The first-order chi connectivity index (χ1) is 8.40. The van der Waals surface area contributed by atoms with Crippen molar-refractivity contribution in [3.05, 3.63) is 24.3 Å². The van der Waals surface area contributed by atoms with Crippen LogP contribution in [0.5, 0.6) is 0 Å². The first-order valence-corrected chi connectivity index (χ1v) is 5.63. The summed E-state index contributed by atoms with van der Waals surface area (Å²) in [5, 5.41) is 5.17. The molecule has 0 aliphatic carbocycles. The number of nitrogens with one attached hydrogen (secondary N) is 2. The van der Waals surface area contributed by atoms with Gasteiger partial charge < -0.3 is 22.1 Å². The highest BCUT2D eigenvalue weighted by Crippen LogP contribution is 2.14. The number of carbonyl (C=O) groups excluding carboxylic acids is 2. The molecular weight excluding hydrogens is 232 g/mol. The lowest BCUT2D eigenvalue weighted by atomic mass is 10.0. The second kappa shape index (κ2) is 6.02. The molecule has 0 aromatic heterocycles. The summed E-state index contributed by atoms with van der Waals surface area (Å²) in [6.07, 6.45) is 0. The molecule has 6 N–H and O–H groups in total. The fourth-order valence-corrected chi connectivity index (χ4v) is 1.27. The SMILES string of the molecule is CC(N)C(C)C(=O)Nc1ccc(NC(N)=O)cc1. The Morgan fingerprint density at radius 2 is 1.50 bits per heavy atom. The second-order valence-electron chi connectivity index (χ2n) is 4.20. The van der Waals surface area contributed by atoms with Gasteiger partial charge in [-0.25, -0.2) is 4.79 Å².